The van der Waals surface area contributed by atoms with Crippen molar-refractivity contribution in [1.29, 1.82) is 0 Å². The van der Waals surface area contributed by atoms with Crippen molar-refractivity contribution in [2.45, 2.75) is 83.0 Å². The second kappa shape index (κ2) is 8.80. The molecule has 1 saturated carbocycles. The number of halogens is 1. The monoisotopic (exact) mass is 459 g/mol. The number of nitrogens with zero attached hydrogens (tertiary/aromatic N) is 3. The molecular weight excluding hydrogens is 426 g/mol. The molecule has 1 unspecified atom stereocenters. The molecule has 4 N–H and O–H groups in total. The van der Waals surface area contributed by atoms with Gasteiger partial charge in [-0.1, -0.05) is 25.4 Å². The number of hydrogen-bond acceptors (Lipinski definition) is 5. The minimum atomic E-state index is -0.171. The Hall–Kier alpha value is -1.90. The first-order valence-corrected chi connectivity index (χ1v) is 12.3. The summed E-state index contributed by atoms with van der Waals surface area (Å²) < 4.78 is 2.09. The first-order valence-electron chi connectivity index (χ1n) is 11.9. The van der Waals surface area contributed by atoms with Crippen LogP contribution in [0.5, 0.6) is 0 Å². The lowest BCUT2D eigenvalue weighted by atomic mass is 9.87. The average molecular weight is 460 g/mol. The smallest absolute Gasteiger partial charge is 0.320 e. The van der Waals surface area contributed by atoms with Crippen LogP contribution in [-0.4, -0.2) is 52.9 Å². The molecule has 1 atom stereocenters. The SMILES string of the molecule is CC1(C)Cc2c(C3CC(NC(=O)NC4CCC(NC5CNC5)CC4)=NC=C3Cl)cnn2C1. The molecule has 0 spiro atoms. The first kappa shape index (κ1) is 21.9. The van der Waals surface area contributed by atoms with Crippen LogP contribution in [-0.2, 0) is 13.0 Å². The van der Waals surface area contributed by atoms with Crippen molar-refractivity contribution in [2.24, 2.45) is 10.4 Å². The number of amides is 2. The van der Waals surface area contributed by atoms with Gasteiger partial charge >= 0.3 is 6.03 Å². The van der Waals surface area contributed by atoms with Gasteiger partial charge < -0.3 is 16.0 Å². The molecule has 1 aliphatic carbocycles. The van der Waals surface area contributed by atoms with Crippen molar-refractivity contribution in [3.05, 3.63) is 28.7 Å². The van der Waals surface area contributed by atoms with Gasteiger partial charge in [0.25, 0.3) is 0 Å². The molecular formula is C23H34ClN7O. The number of urea groups is 1. The Balaban J connectivity index is 1.13. The van der Waals surface area contributed by atoms with E-state index in [1.165, 1.54) is 5.69 Å². The van der Waals surface area contributed by atoms with Gasteiger partial charge in [-0.25, -0.2) is 9.79 Å². The quantitative estimate of drug-likeness (QED) is 0.556. The number of hydrogen-bond donors (Lipinski definition) is 4. The summed E-state index contributed by atoms with van der Waals surface area (Å²) in [7, 11) is 0. The minimum absolute atomic E-state index is 0.00961. The Morgan fingerprint density at radius 1 is 1.19 bits per heavy atom. The van der Waals surface area contributed by atoms with Crippen LogP contribution in [0.25, 0.3) is 0 Å². The number of nitrogens with one attached hydrogen (secondary N) is 4. The molecule has 1 aromatic rings. The number of allylic oxidation sites excluding steroid dienone is 1. The predicted molar refractivity (Wildman–Crippen MR) is 126 cm³/mol. The lowest BCUT2D eigenvalue weighted by Gasteiger charge is -2.36. The van der Waals surface area contributed by atoms with Crippen molar-refractivity contribution in [1.82, 2.24) is 31.0 Å². The zero-order valence-electron chi connectivity index (χ0n) is 19.0. The standard InChI is InChI=1S/C23H34ClN7O/c1-23(2)8-20-18(11-27-31(20)13-23)17-7-21(26-12-19(17)24)30-22(32)29-15-5-3-14(4-6-15)28-16-9-25-10-16/h11-12,14-17,25,28H,3-10,13H2,1-2H3,(H2,26,29,30,32). The van der Waals surface area contributed by atoms with Gasteiger partial charge in [-0.15, -0.1) is 0 Å². The van der Waals surface area contributed by atoms with E-state index in [9.17, 15) is 4.79 Å². The summed E-state index contributed by atoms with van der Waals surface area (Å²) >= 11 is 6.55. The van der Waals surface area contributed by atoms with Gasteiger partial charge in [0.2, 0.25) is 0 Å². The fraction of sp³-hybridized carbons (Fsp3) is 0.696. The van der Waals surface area contributed by atoms with Crippen molar-refractivity contribution >= 4 is 23.5 Å². The van der Waals surface area contributed by atoms with Crippen molar-refractivity contribution in [2.75, 3.05) is 13.1 Å². The van der Waals surface area contributed by atoms with Gasteiger partial charge in [-0.3, -0.25) is 10.00 Å². The summed E-state index contributed by atoms with van der Waals surface area (Å²) in [5.41, 5.74) is 2.61. The van der Waals surface area contributed by atoms with E-state index < -0.39 is 0 Å². The van der Waals surface area contributed by atoms with Gasteiger partial charge in [0.15, 0.2) is 0 Å². The summed E-state index contributed by atoms with van der Waals surface area (Å²) in [6, 6.07) is 1.23. The molecule has 0 bridgehead atoms. The maximum atomic E-state index is 12.6. The lowest BCUT2D eigenvalue weighted by Crippen LogP contribution is -2.59. The molecule has 8 nitrogen and oxygen atoms in total. The van der Waals surface area contributed by atoms with Crippen LogP contribution in [0.3, 0.4) is 0 Å². The maximum Gasteiger partial charge on any atom is 0.320 e. The van der Waals surface area contributed by atoms with Crippen molar-refractivity contribution in [3.8, 4) is 0 Å². The molecule has 174 valence electrons. The lowest BCUT2D eigenvalue weighted by molar-refractivity contribution is 0.227. The normalized spacial score (nSPS) is 29.5. The molecule has 2 amide bonds. The second-order valence-electron chi connectivity index (χ2n) is 10.6. The predicted octanol–water partition coefficient (Wildman–Crippen LogP) is 2.60. The molecule has 9 heteroatoms. The van der Waals surface area contributed by atoms with Crippen LogP contribution in [0, 0.1) is 5.41 Å². The summed E-state index contributed by atoms with van der Waals surface area (Å²) in [6.07, 6.45) is 9.38. The molecule has 32 heavy (non-hydrogen) atoms. The Bertz CT molecular complexity index is 925. The van der Waals surface area contributed by atoms with Gasteiger partial charge in [-0.2, -0.15) is 5.10 Å². The van der Waals surface area contributed by atoms with Crippen molar-refractivity contribution < 1.29 is 4.79 Å². The fourth-order valence-electron chi connectivity index (χ4n) is 5.37. The molecule has 4 heterocycles. The van der Waals surface area contributed by atoms with Crippen LogP contribution < -0.4 is 21.3 Å². The number of aliphatic imine (C=N–C) groups is 1. The Kier molecular flexibility index (Phi) is 6.03. The summed E-state index contributed by atoms with van der Waals surface area (Å²) in [5, 5.41) is 18.4. The first-order chi connectivity index (χ1) is 15.4. The average Bonchev–Trinajstić information content (AvgIpc) is 3.22. The molecule has 2 fully saturated rings. The third-order valence-electron chi connectivity index (χ3n) is 7.23. The van der Waals surface area contributed by atoms with Crippen LogP contribution >= 0.6 is 11.6 Å². The highest BCUT2D eigenvalue weighted by molar-refractivity contribution is 6.30. The second-order valence-corrected chi connectivity index (χ2v) is 11.0. The van der Waals surface area contributed by atoms with E-state index >= 15 is 0 Å². The zero-order chi connectivity index (χ0) is 22.3. The number of amidine groups is 1. The highest BCUT2D eigenvalue weighted by Crippen LogP contribution is 2.40. The van der Waals surface area contributed by atoms with Gasteiger partial charge in [0, 0.05) is 72.6 Å². The highest BCUT2D eigenvalue weighted by Gasteiger charge is 2.35. The molecule has 1 aromatic heterocycles. The van der Waals surface area contributed by atoms with Crippen LogP contribution in [0.4, 0.5) is 4.79 Å². The number of carbonyl (C=O) groups is 1. The third-order valence-corrected chi connectivity index (χ3v) is 7.59. The molecule has 5 rings (SSSR count). The fourth-order valence-corrected chi connectivity index (χ4v) is 5.62. The Morgan fingerprint density at radius 2 is 1.94 bits per heavy atom. The number of carbonyl (C=O) groups excluding carboxylic acids is 1. The Morgan fingerprint density at radius 3 is 2.66 bits per heavy atom. The van der Waals surface area contributed by atoms with E-state index in [0.717, 1.165) is 57.3 Å². The van der Waals surface area contributed by atoms with Crippen LogP contribution in [0.1, 0.15) is 63.1 Å². The van der Waals surface area contributed by atoms with Gasteiger partial charge in [0.1, 0.15) is 5.84 Å². The van der Waals surface area contributed by atoms with Crippen LogP contribution in [0.2, 0.25) is 0 Å². The largest absolute Gasteiger partial charge is 0.335 e. The molecule has 0 radical (unpaired) electrons. The maximum absolute atomic E-state index is 12.6. The van der Waals surface area contributed by atoms with Gasteiger partial charge in [-0.05, 0) is 37.5 Å². The zero-order valence-corrected chi connectivity index (χ0v) is 19.7. The summed E-state index contributed by atoms with van der Waals surface area (Å²) in [6.45, 7) is 7.59. The highest BCUT2D eigenvalue weighted by atomic mass is 35.5. The summed E-state index contributed by atoms with van der Waals surface area (Å²) in [4.78, 5) is 17.0. The molecule has 4 aliphatic rings. The third kappa shape index (κ3) is 4.72. The molecule has 3 aliphatic heterocycles. The van der Waals surface area contributed by atoms with E-state index in [1.54, 1.807) is 6.20 Å². The van der Waals surface area contributed by atoms with E-state index in [0.29, 0.717) is 29.4 Å². The number of rotatable bonds is 4. The summed E-state index contributed by atoms with van der Waals surface area (Å²) in [5.74, 6) is 0.645. The Labute approximate surface area is 194 Å². The van der Waals surface area contributed by atoms with E-state index in [4.69, 9.17) is 11.6 Å². The molecule has 1 saturated heterocycles. The number of fused-ring (bicyclic) bond motifs is 1. The topological polar surface area (TPSA) is 95.4 Å². The van der Waals surface area contributed by atoms with Crippen LogP contribution in [0.15, 0.2) is 22.4 Å². The number of aromatic nitrogens is 2. The molecule has 0 aromatic carbocycles. The van der Waals surface area contributed by atoms with E-state index in [1.807, 2.05) is 6.20 Å². The van der Waals surface area contributed by atoms with E-state index in [-0.39, 0.29) is 23.4 Å². The van der Waals surface area contributed by atoms with E-state index in [2.05, 4.69) is 49.9 Å². The van der Waals surface area contributed by atoms with Crippen molar-refractivity contribution in [3.63, 3.8) is 0 Å². The minimum Gasteiger partial charge on any atom is -0.335 e. The van der Waals surface area contributed by atoms with Gasteiger partial charge in [0.05, 0.1) is 6.20 Å².